The average Bonchev–Trinajstić information content (AvgIpc) is 2.26. The summed E-state index contributed by atoms with van der Waals surface area (Å²) in [6.07, 6.45) is 1.25. The molecule has 0 fully saturated rings. The molecule has 1 aromatic rings. The molecule has 0 saturated heterocycles. The van der Waals surface area contributed by atoms with Crippen LogP contribution < -0.4 is 10.1 Å². The van der Waals surface area contributed by atoms with Crippen LogP contribution >= 0.6 is 0 Å². The summed E-state index contributed by atoms with van der Waals surface area (Å²) in [6, 6.07) is 3.69. The lowest BCUT2D eigenvalue weighted by Gasteiger charge is -2.22. The van der Waals surface area contributed by atoms with Gasteiger partial charge in [0.25, 0.3) is 0 Å². The van der Waals surface area contributed by atoms with Gasteiger partial charge in [0.1, 0.15) is 5.75 Å². The normalized spacial score (nSPS) is 12.5. The highest BCUT2D eigenvalue weighted by Gasteiger charge is 2.29. The Bertz CT molecular complexity index is 539. The molecule has 0 atom stereocenters. The Morgan fingerprint density at radius 2 is 2.00 bits per heavy atom. The van der Waals surface area contributed by atoms with Gasteiger partial charge < -0.3 is 10.1 Å². The average molecular weight is 286 g/mol. The van der Waals surface area contributed by atoms with Gasteiger partial charge in [-0.05, 0) is 20.8 Å². The van der Waals surface area contributed by atoms with E-state index in [0.29, 0.717) is 13.1 Å². The molecule has 1 aromatic heterocycles. The zero-order chi connectivity index (χ0) is 14.7. The number of rotatable bonds is 6. The second kappa shape index (κ2) is 5.88. The standard InChI is InChI=1S/C13H22N2O3S/c1-10-6-12(18-4)7-11(15-10)8-14-9-13(2,3)19(5,16)17/h6-7,14H,8-9H2,1-5H3. The number of methoxy groups -OCH3 is 1. The van der Waals surface area contributed by atoms with E-state index in [-0.39, 0.29) is 0 Å². The third-order valence-electron chi connectivity index (χ3n) is 3.08. The van der Waals surface area contributed by atoms with Gasteiger partial charge in [-0.15, -0.1) is 0 Å². The number of ether oxygens (including phenoxy) is 1. The maximum absolute atomic E-state index is 11.6. The van der Waals surface area contributed by atoms with Crippen LogP contribution in [-0.4, -0.2) is 38.1 Å². The van der Waals surface area contributed by atoms with Crippen molar-refractivity contribution in [3.8, 4) is 5.75 Å². The number of aryl methyl sites for hydroxylation is 1. The van der Waals surface area contributed by atoms with Crippen LogP contribution in [0, 0.1) is 6.92 Å². The van der Waals surface area contributed by atoms with Crippen LogP contribution in [0.4, 0.5) is 0 Å². The minimum atomic E-state index is -3.09. The number of aromatic nitrogens is 1. The Morgan fingerprint density at radius 3 is 2.53 bits per heavy atom. The molecule has 1 rings (SSSR count). The van der Waals surface area contributed by atoms with Crippen molar-refractivity contribution in [3.05, 3.63) is 23.5 Å². The first-order valence-electron chi connectivity index (χ1n) is 6.07. The molecule has 0 radical (unpaired) electrons. The second-order valence-electron chi connectivity index (χ2n) is 5.28. The molecule has 0 saturated carbocycles. The third-order valence-corrected chi connectivity index (χ3v) is 5.23. The molecule has 6 heteroatoms. The first-order chi connectivity index (χ1) is 8.65. The topological polar surface area (TPSA) is 68.3 Å². The molecule has 108 valence electrons. The van der Waals surface area contributed by atoms with Crippen molar-refractivity contribution in [2.45, 2.75) is 32.1 Å². The van der Waals surface area contributed by atoms with Gasteiger partial charge in [-0.2, -0.15) is 0 Å². The van der Waals surface area contributed by atoms with Gasteiger partial charge in [0.15, 0.2) is 9.84 Å². The van der Waals surface area contributed by atoms with E-state index >= 15 is 0 Å². The number of nitrogens with zero attached hydrogens (tertiary/aromatic N) is 1. The molecular weight excluding hydrogens is 264 g/mol. The summed E-state index contributed by atoms with van der Waals surface area (Å²) < 4.78 is 27.5. The van der Waals surface area contributed by atoms with E-state index in [0.717, 1.165) is 17.1 Å². The summed E-state index contributed by atoms with van der Waals surface area (Å²) >= 11 is 0. The van der Waals surface area contributed by atoms with Crippen molar-refractivity contribution in [3.63, 3.8) is 0 Å². The largest absolute Gasteiger partial charge is 0.497 e. The first-order valence-corrected chi connectivity index (χ1v) is 7.97. The van der Waals surface area contributed by atoms with Crippen molar-refractivity contribution in [2.24, 2.45) is 0 Å². The number of nitrogens with one attached hydrogen (secondary N) is 1. The van der Waals surface area contributed by atoms with Crippen LogP contribution in [0.1, 0.15) is 25.2 Å². The summed E-state index contributed by atoms with van der Waals surface area (Å²) in [6.45, 7) is 6.20. The third kappa shape index (κ3) is 4.47. The lowest BCUT2D eigenvalue weighted by Crippen LogP contribution is -2.41. The minimum Gasteiger partial charge on any atom is -0.497 e. The van der Waals surface area contributed by atoms with Gasteiger partial charge in [-0.1, -0.05) is 0 Å². The summed E-state index contributed by atoms with van der Waals surface area (Å²) in [4.78, 5) is 4.37. The van der Waals surface area contributed by atoms with Crippen molar-refractivity contribution in [2.75, 3.05) is 19.9 Å². The van der Waals surface area contributed by atoms with Crippen molar-refractivity contribution in [1.82, 2.24) is 10.3 Å². The van der Waals surface area contributed by atoms with Crippen LogP contribution in [0.25, 0.3) is 0 Å². The monoisotopic (exact) mass is 286 g/mol. The van der Waals surface area contributed by atoms with E-state index in [4.69, 9.17) is 4.74 Å². The van der Waals surface area contributed by atoms with E-state index in [2.05, 4.69) is 10.3 Å². The predicted molar refractivity (Wildman–Crippen MR) is 76.2 cm³/mol. The number of hydrogen-bond acceptors (Lipinski definition) is 5. The van der Waals surface area contributed by atoms with Gasteiger partial charge in [0.05, 0.1) is 17.6 Å². The van der Waals surface area contributed by atoms with Crippen LogP contribution in [0.5, 0.6) is 5.75 Å². The van der Waals surface area contributed by atoms with E-state index in [1.807, 2.05) is 19.1 Å². The maximum Gasteiger partial charge on any atom is 0.153 e. The van der Waals surface area contributed by atoms with E-state index in [9.17, 15) is 8.42 Å². The van der Waals surface area contributed by atoms with Crippen LogP contribution in [0.2, 0.25) is 0 Å². The van der Waals surface area contributed by atoms with Crippen molar-refractivity contribution >= 4 is 9.84 Å². The lowest BCUT2D eigenvalue weighted by molar-refractivity contribution is 0.412. The van der Waals surface area contributed by atoms with Crippen LogP contribution in [-0.2, 0) is 16.4 Å². The summed E-state index contributed by atoms with van der Waals surface area (Å²) in [5.74, 6) is 0.756. The molecule has 5 nitrogen and oxygen atoms in total. The SMILES string of the molecule is COc1cc(C)nc(CNCC(C)(C)S(C)(=O)=O)c1. The molecule has 0 aliphatic heterocycles. The first kappa shape index (κ1) is 15.9. The Hall–Kier alpha value is -1.14. The highest BCUT2D eigenvalue weighted by molar-refractivity contribution is 7.92. The molecule has 1 N–H and O–H groups in total. The van der Waals surface area contributed by atoms with E-state index in [1.165, 1.54) is 6.26 Å². The molecule has 19 heavy (non-hydrogen) atoms. The van der Waals surface area contributed by atoms with E-state index < -0.39 is 14.6 Å². The Labute approximate surface area is 115 Å². The molecule has 1 heterocycles. The van der Waals surface area contributed by atoms with Crippen LogP contribution in [0.15, 0.2) is 12.1 Å². The number of pyridine rings is 1. The maximum atomic E-state index is 11.6. The lowest BCUT2D eigenvalue weighted by atomic mass is 10.2. The van der Waals surface area contributed by atoms with E-state index in [1.54, 1.807) is 21.0 Å². The van der Waals surface area contributed by atoms with Crippen LogP contribution in [0.3, 0.4) is 0 Å². The fourth-order valence-electron chi connectivity index (χ4n) is 1.53. The summed E-state index contributed by atoms with van der Waals surface area (Å²) in [7, 11) is -1.48. The molecule has 0 unspecified atom stereocenters. The predicted octanol–water partition coefficient (Wildman–Crippen LogP) is 1.31. The Morgan fingerprint density at radius 1 is 1.37 bits per heavy atom. The zero-order valence-electron chi connectivity index (χ0n) is 12.1. The Balaban J connectivity index is 2.66. The highest BCUT2D eigenvalue weighted by atomic mass is 32.2. The number of hydrogen-bond donors (Lipinski definition) is 1. The van der Waals surface area contributed by atoms with Gasteiger partial charge in [0, 0.05) is 37.2 Å². The molecular formula is C13H22N2O3S. The molecule has 0 amide bonds. The molecule has 0 aliphatic carbocycles. The van der Waals surface area contributed by atoms with Gasteiger partial charge in [0.2, 0.25) is 0 Å². The smallest absolute Gasteiger partial charge is 0.153 e. The van der Waals surface area contributed by atoms with Gasteiger partial charge in [-0.25, -0.2) is 8.42 Å². The summed E-state index contributed by atoms with van der Waals surface area (Å²) in [5, 5.41) is 3.13. The quantitative estimate of drug-likeness (QED) is 0.854. The molecule has 0 spiro atoms. The zero-order valence-corrected chi connectivity index (χ0v) is 13.0. The van der Waals surface area contributed by atoms with Gasteiger partial charge in [-0.3, -0.25) is 4.98 Å². The highest BCUT2D eigenvalue weighted by Crippen LogP contribution is 2.15. The van der Waals surface area contributed by atoms with Crippen molar-refractivity contribution in [1.29, 1.82) is 0 Å². The molecule has 0 bridgehead atoms. The molecule has 0 aromatic carbocycles. The minimum absolute atomic E-state index is 0.379. The molecule has 0 aliphatic rings. The summed E-state index contributed by atoms with van der Waals surface area (Å²) in [5.41, 5.74) is 1.71. The van der Waals surface area contributed by atoms with Crippen molar-refractivity contribution < 1.29 is 13.2 Å². The number of sulfone groups is 1. The fourth-order valence-corrected chi connectivity index (χ4v) is 1.90. The fraction of sp³-hybridized carbons (Fsp3) is 0.615. The van der Waals surface area contributed by atoms with Gasteiger partial charge >= 0.3 is 0 Å². The Kier molecular flexibility index (Phi) is 4.92. The second-order valence-corrected chi connectivity index (χ2v) is 7.92.